The van der Waals surface area contributed by atoms with Gasteiger partial charge in [-0.2, -0.15) is 0 Å². The lowest BCUT2D eigenvalue weighted by Crippen LogP contribution is -2.35. The molecule has 0 aliphatic carbocycles. The van der Waals surface area contributed by atoms with E-state index < -0.39 is 23.6 Å². The molecule has 1 unspecified atom stereocenters. The van der Waals surface area contributed by atoms with Crippen LogP contribution in [-0.4, -0.2) is 73.5 Å². The van der Waals surface area contributed by atoms with E-state index in [4.69, 9.17) is 30.5 Å². The van der Waals surface area contributed by atoms with Gasteiger partial charge in [-0.1, -0.05) is 23.7 Å². The summed E-state index contributed by atoms with van der Waals surface area (Å²) in [4.78, 5) is 31.6. The van der Waals surface area contributed by atoms with Crippen LogP contribution >= 0.6 is 11.6 Å². The number of halogens is 2. The molecular formula is C29H31ClFN3O7. The van der Waals surface area contributed by atoms with Gasteiger partial charge in [0.25, 0.3) is 5.91 Å². The number of carboxylic acid groups (broad SMARTS) is 1. The van der Waals surface area contributed by atoms with Gasteiger partial charge in [0.05, 0.1) is 37.7 Å². The van der Waals surface area contributed by atoms with Crippen LogP contribution in [0.15, 0.2) is 67.0 Å². The number of hydrogen-bond donors (Lipinski definition) is 1. The third kappa shape index (κ3) is 8.37. The highest BCUT2D eigenvalue weighted by molar-refractivity contribution is 6.31. The van der Waals surface area contributed by atoms with Crippen LogP contribution in [0, 0.1) is 5.82 Å². The molecule has 0 saturated carbocycles. The van der Waals surface area contributed by atoms with Gasteiger partial charge in [0.15, 0.2) is 5.79 Å². The first-order chi connectivity index (χ1) is 19.6. The van der Waals surface area contributed by atoms with E-state index >= 15 is 0 Å². The Labute approximate surface area is 242 Å². The number of ether oxygens (including phenoxy) is 4. The second-order valence-electron chi connectivity index (χ2n) is 9.60. The van der Waals surface area contributed by atoms with E-state index in [9.17, 15) is 19.1 Å². The number of aromatic nitrogens is 1. The molecule has 0 spiro atoms. The Kier molecular flexibility index (Phi) is 10.1. The van der Waals surface area contributed by atoms with Crippen molar-refractivity contribution < 1.29 is 38.0 Å². The van der Waals surface area contributed by atoms with Gasteiger partial charge in [-0.15, -0.1) is 0 Å². The molecule has 0 radical (unpaired) electrons. The smallest absolute Gasteiger partial charge is 0.411 e. The highest BCUT2D eigenvalue weighted by atomic mass is 35.5. The Morgan fingerprint density at radius 1 is 1.10 bits per heavy atom. The lowest BCUT2D eigenvalue weighted by molar-refractivity contribution is -0.144. The van der Waals surface area contributed by atoms with Crippen LogP contribution in [0.25, 0.3) is 0 Å². The number of pyridine rings is 1. The number of carbonyl (C=O) groups excluding carboxylic acids is 1. The highest BCUT2D eigenvalue weighted by Gasteiger charge is 2.32. The predicted octanol–water partition coefficient (Wildman–Crippen LogP) is 5.25. The molecule has 2 amide bonds. The van der Waals surface area contributed by atoms with Crippen LogP contribution in [0.1, 0.15) is 24.2 Å². The Hall–Kier alpha value is -3.77. The van der Waals surface area contributed by atoms with E-state index in [0.717, 1.165) is 4.90 Å². The van der Waals surface area contributed by atoms with Crippen molar-refractivity contribution >= 4 is 35.0 Å². The van der Waals surface area contributed by atoms with Gasteiger partial charge in [-0.25, -0.2) is 9.18 Å². The maximum atomic E-state index is 14.8. The maximum Gasteiger partial charge on any atom is 0.411 e. The number of benzene rings is 2. The fourth-order valence-electron chi connectivity index (χ4n) is 4.26. The third-order valence-corrected chi connectivity index (χ3v) is 6.34. The quantitative estimate of drug-likeness (QED) is 0.286. The topological polar surface area (TPSA) is 111 Å². The minimum atomic E-state index is -1.15. The summed E-state index contributed by atoms with van der Waals surface area (Å²) in [7, 11) is 0. The van der Waals surface area contributed by atoms with Crippen LogP contribution in [0.2, 0.25) is 5.02 Å². The minimum Gasteiger partial charge on any atom is -0.492 e. The van der Waals surface area contributed by atoms with Gasteiger partial charge >= 0.3 is 6.09 Å². The SMILES string of the molecule is CC1(C)OCC(COCCN(C(=O)c2cc(Cl)cc(OCCN(C(=O)O)c3ccncc3)c2)c2ccccc2F)O1. The zero-order valence-corrected chi connectivity index (χ0v) is 23.4. The molecule has 41 heavy (non-hydrogen) atoms. The maximum absolute atomic E-state index is 14.8. The molecule has 12 heteroatoms. The standard InChI is InChI=1S/C29H31ClFN3O7/c1-29(2)40-19-24(41-29)18-38-13-11-34(26-6-4-3-5-25(26)31)27(35)20-15-21(30)17-23(16-20)39-14-12-33(28(36)37)22-7-9-32-10-8-22/h3-10,15-17,24H,11-14,18-19H2,1-2H3,(H,36,37). The van der Waals surface area contributed by atoms with Crippen molar-refractivity contribution in [2.45, 2.75) is 25.7 Å². The number of nitrogens with zero attached hydrogens (tertiary/aromatic N) is 3. The molecule has 1 atom stereocenters. The van der Waals surface area contributed by atoms with Crippen LogP contribution in [0.4, 0.5) is 20.6 Å². The molecule has 10 nitrogen and oxygen atoms in total. The van der Waals surface area contributed by atoms with Gasteiger partial charge in [0, 0.05) is 29.5 Å². The molecule has 3 aromatic rings. The van der Waals surface area contributed by atoms with E-state index in [0.29, 0.717) is 12.3 Å². The van der Waals surface area contributed by atoms with Crippen LogP contribution in [0.5, 0.6) is 5.75 Å². The molecule has 218 valence electrons. The van der Waals surface area contributed by atoms with E-state index in [1.165, 1.54) is 53.7 Å². The number of rotatable bonds is 12. The summed E-state index contributed by atoms with van der Waals surface area (Å²) in [6.45, 7) is 4.45. The summed E-state index contributed by atoms with van der Waals surface area (Å²) in [6.07, 6.45) is 1.58. The van der Waals surface area contributed by atoms with Crippen molar-refractivity contribution in [3.8, 4) is 5.75 Å². The molecule has 1 aliphatic rings. The number of amides is 2. The van der Waals surface area contributed by atoms with Crippen molar-refractivity contribution in [1.82, 2.24) is 4.98 Å². The van der Waals surface area contributed by atoms with E-state index in [1.54, 1.807) is 18.2 Å². The second-order valence-corrected chi connectivity index (χ2v) is 10.0. The Balaban J connectivity index is 1.44. The van der Waals surface area contributed by atoms with Crippen LogP contribution < -0.4 is 14.5 Å². The Morgan fingerprint density at radius 2 is 1.83 bits per heavy atom. The summed E-state index contributed by atoms with van der Waals surface area (Å²) < 4.78 is 37.6. The van der Waals surface area contributed by atoms with Gasteiger partial charge < -0.3 is 29.0 Å². The van der Waals surface area contributed by atoms with Crippen molar-refractivity contribution in [3.05, 3.63) is 83.4 Å². The Morgan fingerprint density at radius 3 is 2.51 bits per heavy atom. The van der Waals surface area contributed by atoms with Gasteiger partial charge in [-0.3, -0.25) is 14.7 Å². The third-order valence-electron chi connectivity index (χ3n) is 6.13. The van der Waals surface area contributed by atoms with Gasteiger partial charge in [0.1, 0.15) is 24.3 Å². The normalized spacial score (nSPS) is 15.9. The highest BCUT2D eigenvalue weighted by Crippen LogP contribution is 2.26. The summed E-state index contributed by atoms with van der Waals surface area (Å²) >= 11 is 6.30. The average Bonchev–Trinajstić information content (AvgIpc) is 3.29. The van der Waals surface area contributed by atoms with Crippen LogP contribution in [0.3, 0.4) is 0 Å². The van der Waals surface area contributed by atoms with Gasteiger partial charge in [-0.05, 0) is 56.3 Å². The molecule has 2 heterocycles. The molecule has 1 aromatic heterocycles. The number of carbonyl (C=O) groups is 2. The Bertz CT molecular complexity index is 1340. The molecule has 4 rings (SSSR count). The van der Waals surface area contributed by atoms with Crippen molar-refractivity contribution in [1.29, 1.82) is 0 Å². The minimum absolute atomic E-state index is 0.0146. The summed E-state index contributed by atoms with van der Waals surface area (Å²) in [5.41, 5.74) is 0.686. The lowest BCUT2D eigenvalue weighted by Gasteiger charge is -2.24. The van der Waals surface area contributed by atoms with E-state index in [1.807, 2.05) is 13.8 Å². The first kappa shape index (κ1) is 30.2. The van der Waals surface area contributed by atoms with Gasteiger partial charge in [0.2, 0.25) is 0 Å². The average molecular weight is 588 g/mol. The van der Waals surface area contributed by atoms with Crippen molar-refractivity contribution in [2.75, 3.05) is 49.3 Å². The molecular weight excluding hydrogens is 557 g/mol. The monoisotopic (exact) mass is 587 g/mol. The molecule has 1 saturated heterocycles. The molecule has 2 aromatic carbocycles. The van der Waals surface area contributed by atoms with Crippen molar-refractivity contribution in [2.24, 2.45) is 0 Å². The first-order valence-electron chi connectivity index (χ1n) is 12.9. The number of para-hydroxylation sites is 1. The zero-order valence-electron chi connectivity index (χ0n) is 22.7. The fourth-order valence-corrected chi connectivity index (χ4v) is 4.48. The zero-order chi connectivity index (χ0) is 29.4. The summed E-state index contributed by atoms with van der Waals surface area (Å²) in [6, 6.07) is 13.5. The van der Waals surface area contributed by atoms with Crippen LogP contribution in [-0.2, 0) is 14.2 Å². The number of anilines is 2. The fraction of sp³-hybridized carbons (Fsp3) is 0.345. The molecule has 1 N–H and O–H groups in total. The molecule has 1 fully saturated rings. The summed E-state index contributed by atoms with van der Waals surface area (Å²) in [5, 5.41) is 9.80. The lowest BCUT2D eigenvalue weighted by atomic mass is 10.1. The van der Waals surface area contributed by atoms with E-state index in [-0.39, 0.29) is 61.0 Å². The predicted molar refractivity (Wildman–Crippen MR) is 150 cm³/mol. The second kappa shape index (κ2) is 13.7. The van der Waals surface area contributed by atoms with Crippen molar-refractivity contribution in [3.63, 3.8) is 0 Å². The number of hydrogen-bond acceptors (Lipinski definition) is 7. The molecule has 1 aliphatic heterocycles. The largest absolute Gasteiger partial charge is 0.492 e. The summed E-state index contributed by atoms with van der Waals surface area (Å²) in [5.74, 6) is -1.51. The van der Waals surface area contributed by atoms with E-state index in [2.05, 4.69) is 4.98 Å². The first-order valence-corrected chi connectivity index (χ1v) is 13.3. The molecule has 0 bridgehead atoms.